The lowest BCUT2D eigenvalue weighted by Crippen LogP contribution is -2.30. The molecule has 102 heavy (non-hydrogen) atoms. The number of unbranched alkanes of at least 4 members (excludes halogenated alkanes) is 50. The fourth-order valence-corrected chi connectivity index (χ4v) is 14.0. The van der Waals surface area contributed by atoms with E-state index in [-0.39, 0.29) is 25.7 Å². The summed E-state index contributed by atoms with van der Waals surface area (Å²) in [7, 11) is -9.93. The third kappa shape index (κ3) is 75.8. The average molecular weight is 1490 g/mol. The predicted octanol–water partition coefficient (Wildman–Crippen LogP) is 24.8. The van der Waals surface area contributed by atoms with Gasteiger partial charge in [-0.2, -0.15) is 0 Å². The average Bonchev–Trinajstić information content (AvgIpc) is 0.915. The minimum atomic E-state index is -4.97. The van der Waals surface area contributed by atoms with E-state index in [1.807, 2.05) is 0 Å². The molecule has 602 valence electrons. The Hall–Kier alpha value is -2.46. The highest BCUT2D eigenvalue weighted by atomic mass is 31.2. The Morgan fingerprint density at radius 2 is 0.529 bits per heavy atom. The standard InChI is InChI=1S/C83H158O17P2/c1-6-9-12-15-18-21-24-27-31-37-42-47-52-57-62-67-81(86)94-73-79(100-83(88)69-64-59-54-49-44-39-34-30-29-33-36-40-45-50-55-60-65-76(4)5)75-98-102(91,92)96-71-77(84)70-95-101(89,90)97-74-78(72-93-80(85)66-61-56-51-46-41-35-26-23-20-17-14-11-8-3)99-82(87)68-63-58-53-48-43-38-32-28-25-22-19-16-13-10-7-2/h21,24,27,31,76-79,84H,6-20,22-23,25-26,28-30,32-75H2,1-5H3,(H,89,90)(H,91,92)/b24-21-,31-27-/t77-,78+,79+/m0/s1. The van der Waals surface area contributed by atoms with Crippen LogP contribution in [0.3, 0.4) is 0 Å². The second kappa shape index (κ2) is 75.4. The quantitative estimate of drug-likeness (QED) is 0.0169. The number of phosphoric ester groups is 2. The normalized spacial score (nSPS) is 14.0. The van der Waals surface area contributed by atoms with Crippen LogP contribution in [0, 0.1) is 5.92 Å². The maximum absolute atomic E-state index is 13.1. The maximum atomic E-state index is 13.1. The molecule has 0 rings (SSSR count). The molecular weight excluding hydrogens is 1330 g/mol. The van der Waals surface area contributed by atoms with Crippen molar-refractivity contribution in [3.8, 4) is 0 Å². The van der Waals surface area contributed by atoms with Crippen LogP contribution in [0.15, 0.2) is 24.3 Å². The monoisotopic (exact) mass is 1490 g/mol. The number of hydrogen-bond acceptors (Lipinski definition) is 15. The lowest BCUT2D eigenvalue weighted by atomic mass is 10.0. The first kappa shape index (κ1) is 99.5. The van der Waals surface area contributed by atoms with Crippen molar-refractivity contribution in [3.63, 3.8) is 0 Å². The van der Waals surface area contributed by atoms with Gasteiger partial charge < -0.3 is 33.8 Å². The van der Waals surface area contributed by atoms with Gasteiger partial charge >= 0.3 is 39.5 Å². The molecule has 0 aliphatic rings. The van der Waals surface area contributed by atoms with Gasteiger partial charge in [-0.15, -0.1) is 0 Å². The van der Waals surface area contributed by atoms with Gasteiger partial charge in [0.1, 0.15) is 19.3 Å². The Morgan fingerprint density at radius 3 is 0.804 bits per heavy atom. The molecule has 0 bridgehead atoms. The fraction of sp³-hybridized carbons (Fsp3) is 0.904. The molecule has 0 aliphatic carbocycles. The SMILES string of the molecule is CCCCCC/C=C\C=C/CCCCCCCC(=O)OC[C@H](COP(=O)(O)OC[C@@H](O)COP(=O)(O)OC[C@@H](COC(=O)CCCCCCCCCCCCCCC)OC(=O)CCCCCCCCCCCCCCCCC)OC(=O)CCCCCCCCCCCCCCCCCCC(C)C. The molecule has 0 heterocycles. The molecule has 0 aromatic heterocycles. The van der Waals surface area contributed by atoms with Gasteiger partial charge in [-0.05, 0) is 57.3 Å². The summed E-state index contributed by atoms with van der Waals surface area (Å²) in [5.41, 5.74) is 0. The zero-order valence-corrected chi connectivity index (χ0v) is 68.0. The smallest absolute Gasteiger partial charge is 0.462 e. The summed E-state index contributed by atoms with van der Waals surface area (Å²) in [4.78, 5) is 73.1. The third-order valence-corrected chi connectivity index (χ3v) is 20.8. The first-order valence-electron chi connectivity index (χ1n) is 42.5. The van der Waals surface area contributed by atoms with Crippen LogP contribution in [0.4, 0.5) is 0 Å². The highest BCUT2D eigenvalue weighted by Gasteiger charge is 2.30. The van der Waals surface area contributed by atoms with Gasteiger partial charge in [0.05, 0.1) is 26.4 Å². The van der Waals surface area contributed by atoms with Crippen LogP contribution in [0.25, 0.3) is 0 Å². The van der Waals surface area contributed by atoms with Crippen molar-refractivity contribution in [1.29, 1.82) is 0 Å². The second-order valence-electron chi connectivity index (χ2n) is 29.7. The van der Waals surface area contributed by atoms with Gasteiger partial charge in [-0.25, -0.2) is 9.13 Å². The summed E-state index contributed by atoms with van der Waals surface area (Å²) in [5.74, 6) is -1.32. The Morgan fingerprint density at radius 1 is 0.304 bits per heavy atom. The van der Waals surface area contributed by atoms with Crippen molar-refractivity contribution >= 4 is 39.5 Å². The topological polar surface area (TPSA) is 237 Å². The molecule has 19 heteroatoms. The molecule has 0 radical (unpaired) electrons. The zero-order chi connectivity index (χ0) is 74.8. The van der Waals surface area contributed by atoms with Crippen molar-refractivity contribution in [2.45, 2.75) is 438 Å². The van der Waals surface area contributed by atoms with E-state index in [1.54, 1.807) is 0 Å². The van der Waals surface area contributed by atoms with Gasteiger partial charge in [0, 0.05) is 25.7 Å². The number of carbonyl (C=O) groups excluding carboxylic acids is 4. The van der Waals surface area contributed by atoms with Crippen molar-refractivity contribution in [2.24, 2.45) is 5.92 Å². The third-order valence-electron chi connectivity index (χ3n) is 18.9. The number of allylic oxidation sites excluding steroid dienone is 4. The predicted molar refractivity (Wildman–Crippen MR) is 418 cm³/mol. The van der Waals surface area contributed by atoms with Gasteiger partial charge in [0.2, 0.25) is 0 Å². The summed E-state index contributed by atoms with van der Waals surface area (Å²) in [6.45, 7) is 7.31. The molecule has 0 aliphatic heterocycles. The summed E-state index contributed by atoms with van der Waals surface area (Å²) < 4.78 is 68.8. The molecule has 0 amide bonds. The van der Waals surface area contributed by atoms with E-state index in [9.17, 15) is 43.2 Å². The molecule has 0 aromatic carbocycles. The molecule has 0 saturated carbocycles. The summed E-state index contributed by atoms with van der Waals surface area (Å²) in [6, 6.07) is 0. The number of rotatable bonds is 81. The van der Waals surface area contributed by atoms with E-state index in [0.29, 0.717) is 25.7 Å². The van der Waals surface area contributed by atoms with Crippen LogP contribution >= 0.6 is 15.6 Å². The van der Waals surface area contributed by atoms with Crippen LogP contribution in [0.2, 0.25) is 0 Å². The number of ether oxygens (including phenoxy) is 4. The molecule has 17 nitrogen and oxygen atoms in total. The van der Waals surface area contributed by atoms with Gasteiger partial charge in [-0.3, -0.25) is 37.3 Å². The molecule has 0 spiro atoms. The molecule has 5 atom stereocenters. The van der Waals surface area contributed by atoms with E-state index in [1.165, 1.54) is 225 Å². The lowest BCUT2D eigenvalue weighted by molar-refractivity contribution is -0.161. The van der Waals surface area contributed by atoms with E-state index < -0.39 is 97.5 Å². The van der Waals surface area contributed by atoms with Crippen LogP contribution in [0.5, 0.6) is 0 Å². The van der Waals surface area contributed by atoms with Crippen LogP contribution < -0.4 is 0 Å². The van der Waals surface area contributed by atoms with E-state index in [2.05, 4.69) is 58.9 Å². The van der Waals surface area contributed by atoms with Gasteiger partial charge in [-0.1, -0.05) is 367 Å². The van der Waals surface area contributed by atoms with E-state index in [4.69, 9.17) is 37.0 Å². The van der Waals surface area contributed by atoms with Crippen LogP contribution in [-0.4, -0.2) is 96.7 Å². The Kier molecular flexibility index (Phi) is 73.5. The Balaban J connectivity index is 5.29. The van der Waals surface area contributed by atoms with Crippen molar-refractivity contribution in [1.82, 2.24) is 0 Å². The highest BCUT2D eigenvalue weighted by molar-refractivity contribution is 7.47. The van der Waals surface area contributed by atoms with Crippen molar-refractivity contribution < 1.29 is 80.2 Å². The number of hydrogen-bond donors (Lipinski definition) is 3. The Labute approximate surface area is 624 Å². The van der Waals surface area contributed by atoms with E-state index >= 15 is 0 Å². The molecule has 0 saturated heterocycles. The first-order chi connectivity index (χ1) is 49.5. The number of esters is 4. The number of phosphoric acid groups is 2. The fourth-order valence-electron chi connectivity index (χ4n) is 12.4. The van der Waals surface area contributed by atoms with E-state index in [0.717, 1.165) is 115 Å². The van der Waals surface area contributed by atoms with Gasteiger partial charge in [0.15, 0.2) is 12.2 Å². The molecule has 2 unspecified atom stereocenters. The van der Waals surface area contributed by atoms with Crippen molar-refractivity contribution in [3.05, 3.63) is 24.3 Å². The first-order valence-corrected chi connectivity index (χ1v) is 45.4. The van der Waals surface area contributed by atoms with Crippen LogP contribution in [0.1, 0.15) is 420 Å². The molecule has 0 aromatic rings. The largest absolute Gasteiger partial charge is 0.472 e. The molecule has 3 N–H and O–H groups in total. The number of aliphatic hydroxyl groups is 1. The van der Waals surface area contributed by atoms with Crippen molar-refractivity contribution in [2.75, 3.05) is 39.6 Å². The minimum absolute atomic E-state index is 0.102. The minimum Gasteiger partial charge on any atom is -0.462 e. The summed E-state index contributed by atoms with van der Waals surface area (Å²) in [5, 5.41) is 10.7. The summed E-state index contributed by atoms with van der Waals surface area (Å²) in [6.07, 6.45) is 70.0. The summed E-state index contributed by atoms with van der Waals surface area (Å²) >= 11 is 0. The zero-order valence-electron chi connectivity index (χ0n) is 66.2. The van der Waals surface area contributed by atoms with Crippen LogP contribution in [-0.2, 0) is 65.4 Å². The maximum Gasteiger partial charge on any atom is 0.472 e. The second-order valence-corrected chi connectivity index (χ2v) is 32.6. The Bertz CT molecular complexity index is 2040. The molecular formula is C83H158O17P2. The number of aliphatic hydroxyl groups excluding tert-OH is 1. The van der Waals surface area contributed by atoms with Gasteiger partial charge in [0.25, 0.3) is 0 Å². The number of carbonyl (C=O) groups is 4. The molecule has 0 fully saturated rings. The lowest BCUT2D eigenvalue weighted by Gasteiger charge is -2.21. The highest BCUT2D eigenvalue weighted by Crippen LogP contribution is 2.45.